The summed E-state index contributed by atoms with van der Waals surface area (Å²) < 4.78 is 10.8. The third-order valence-corrected chi connectivity index (χ3v) is 6.77. The molecule has 0 saturated carbocycles. The second-order valence-electron chi connectivity index (χ2n) is 9.45. The molecule has 0 aliphatic carbocycles. The third kappa shape index (κ3) is 11.0. The molecule has 4 heteroatoms. The molecule has 4 nitrogen and oxygen atoms in total. The van der Waals surface area contributed by atoms with Gasteiger partial charge in [-0.3, -0.25) is 4.98 Å². The van der Waals surface area contributed by atoms with Crippen LogP contribution in [0.25, 0.3) is 10.9 Å². The molecule has 0 fully saturated rings. The first-order valence-corrected chi connectivity index (χ1v) is 14.9. The highest BCUT2D eigenvalue weighted by Gasteiger charge is 2.11. The minimum Gasteiger partial charge on any atom is -0.486 e. The van der Waals surface area contributed by atoms with Gasteiger partial charge in [-0.2, -0.15) is 0 Å². The van der Waals surface area contributed by atoms with Crippen LogP contribution in [0.4, 0.5) is 0 Å². The summed E-state index contributed by atoms with van der Waals surface area (Å²) in [6.07, 6.45) is 8.31. The molecular weight excluding hydrogens is 470 g/mol. The number of ether oxygens (including phenoxy) is 2. The van der Waals surface area contributed by atoms with Crippen LogP contribution < -0.4 is 9.47 Å². The fourth-order valence-corrected chi connectivity index (χ4v) is 4.25. The van der Waals surface area contributed by atoms with Crippen LogP contribution in [-0.4, -0.2) is 23.3 Å². The van der Waals surface area contributed by atoms with Crippen molar-refractivity contribution in [3.05, 3.63) is 65.4 Å². The molecule has 1 aliphatic rings. The summed E-state index contributed by atoms with van der Waals surface area (Å²) in [5, 5.41) is 11.0. The molecule has 0 spiro atoms. The second-order valence-corrected chi connectivity index (χ2v) is 9.45. The van der Waals surface area contributed by atoms with Crippen molar-refractivity contribution in [3.63, 3.8) is 0 Å². The smallest absolute Gasteiger partial charge is 0.161 e. The van der Waals surface area contributed by atoms with Crippen LogP contribution in [0.3, 0.4) is 0 Å². The van der Waals surface area contributed by atoms with E-state index in [1.165, 1.54) is 37.7 Å². The number of benzene rings is 2. The first-order valence-electron chi connectivity index (χ1n) is 14.9. The summed E-state index contributed by atoms with van der Waals surface area (Å²) in [5.41, 5.74) is 4.13. The minimum atomic E-state index is -0.414. The Labute approximate surface area is 232 Å². The molecular formula is C34H53NO3. The Kier molecular flexibility index (Phi) is 17.1. The molecule has 1 unspecified atom stereocenters. The van der Waals surface area contributed by atoms with Crippen molar-refractivity contribution in [2.75, 3.05) is 13.2 Å². The van der Waals surface area contributed by atoms with E-state index >= 15 is 0 Å². The number of rotatable bonds is 8. The fraction of sp³-hybridized carbons (Fsp3) is 0.559. The normalized spacial score (nSPS) is 12.4. The predicted octanol–water partition coefficient (Wildman–Crippen LogP) is 9.65. The molecule has 0 radical (unpaired) electrons. The van der Waals surface area contributed by atoms with Crippen molar-refractivity contribution in [1.82, 2.24) is 4.98 Å². The van der Waals surface area contributed by atoms with E-state index in [1.54, 1.807) is 0 Å². The largest absolute Gasteiger partial charge is 0.486 e. The Morgan fingerprint density at radius 1 is 0.842 bits per heavy atom. The Morgan fingerprint density at radius 3 is 2.13 bits per heavy atom. The molecule has 1 aliphatic heterocycles. The first kappa shape index (κ1) is 33.4. The lowest BCUT2D eigenvalue weighted by Crippen LogP contribution is -2.15. The van der Waals surface area contributed by atoms with Gasteiger partial charge in [0.05, 0.1) is 11.6 Å². The van der Waals surface area contributed by atoms with Crippen LogP contribution in [0.1, 0.15) is 110 Å². The van der Waals surface area contributed by atoms with E-state index in [0.29, 0.717) is 19.6 Å². The SMILES string of the molecule is CC.CCC(O)c1cccc2ccc(C)nc12.CCCCC(CC)CC.CCc1ccc2c(c1)OCCO2. The summed E-state index contributed by atoms with van der Waals surface area (Å²) in [6, 6.07) is 16.1. The number of aliphatic hydroxyl groups excluding tert-OH is 1. The van der Waals surface area contributed by atoms with E-state index in [4.69, 9.17) is 9.47 Å². The number of para-hydroxylation sites is 1. The van der Waals surface area contributed by atoms with Gasteiger partial charge in [0.25, 0.3) is 0 Å². The standard InChI is InChI=1S/C13H15NO.C10H12O2.C9H20.C2H6/c1-3-12(15)11-6-4-5-10-8-7-9(2)14-13(10)11;1-2-8-3-4-9-10(7-8)12-6-5-11-9;1-4-7-8-9(5-2)6-3;1-2/h4-8,12,15H,3H2,1-2H3;3-4,7H,2,5-6H2,1H3;9H,4-8H2,1-3H3;1-2H3. The highest BCUT2D eigenvalue weighted by atomic mass is 16.6. The maximum absolute atomic E-state index is 9.88. The topological polar surface area (TPSA) is 51.6 Å². The quantitative estimate of drug-likeness (QED) is 0.319. The highest BCUT2D eigenvalue weighted by Crippen LogP contribution is 2.30. The number of unbranched alkanes of at least 4 members (excludes halogenated alkanes) is 1. The Morgan fingerprint density at radius 2 is 1.53 bits per heavy atom. The van der Waals surface area contributed by atoms with E-state index in [1.807, 2.05) is 64.1 Å². The summed E-state index contributed by atoms with van der Waals surface area (Å²) in [7, 11) is 0. The van der Waals surface area contributed by atoms with Gasteiger partial charge in [0.2, 0.25) is 0 Å². The van der Waals surface area contributed by atoms with E-state index in [-0.39, 0.29) is 0 Å². The van der Waals surface area contributed by atoms with Gasteiger partial charge in [0.15, 0.2) is 11.5 Å². The average Bonchev–Trinajstić information content (AvgIpc) is 2.98. The zero-order valence-electron chi connectivity index (χ0n) is 25.3. The number of nitrogens with zero attached hydrogens (tertiary/aromatic N) is 1. The molecule has 212 valence electrons. The number of hydrogen-bond donors (Lipinski definition) is 1. The van der Waals surface area contributed by atoms with Crippen LogP contribution >= 0.6 is 0 Å². The van der Waals surface area contributed by atoms with E-state index in [9.17, 15) is 5.11 Å². The third-order valence-electron chi connectivity index (χ3n) is 6.77. The zero-order valence-corrected chi connectivity index (χ0v) is 25.3. The highest BCUT2D eigenvalue weighted by molar-refractivity contribution is 5.82. The lowest BCUT2D eigenvalue weighted by molar-refractivity contribution is 0.171. The van der Waals surface area contributed by atoms with E-state index in [0.717, 1.165) is 46.0 Å². The lowest BCUT2D eigenvalue weighted by Gasteiger charge is -2.18. The number of aryl methyl sites for hydroxylation is 2. The zero-order chi connectivity index (χ0) is 28.3. The molecule has 38 heavy (non-hydrogen) atoms. The van der Waals surface area contributed by atoms with Gasteiger partial charge in [-0.15, -0.1) is 0 Å². The molecule has 3 aromatic rings. The van der Waals surface area contributed by atoms with Gasteiger partial charge in [0.1, 0.15) is 13.2 Å². The Balaban J connectivity index is 0.000000285. The molecule has 1 N–H and O–H groups in total. The monoisotopic (exact) mass is 523 g/mol. The van der Waals surface area contributed by atoms with Crippen LogP contribution in [0.15, 0.2) is 48.5 Å². The van der Waals surface area contributed by atoms with Crippen LogP contribution in [0.5, 0.6) is 11.5 Å². The van der Waals surface area contributed by atoms with Gasteiger partial charge in [-0.25, -0.2) is 0 Å². The maximum Gasteiger partial charge on any atom is 0.161 e. The number of fused-ring (bicyclic) bond motifs is 2. The Bertz CT molecular complexity index is 1030. The van der Waals surface area contributed by atoms with Gasteiger partial charge in [-0.05, 0) is 49.4 Å². The lowest BCUT2D eigenvalue weighted by atomic mass is 9.97. The number of aromatic nitrogens is 1. The summed E-state index contributed by atoms with van der Waals surface area (Å²) in [6.45, 7) is 18.3. The maximum atomic E-state index is 9.88. The van der Waals surface area contributed by atoms with Crippen LogP contribution in [-0.2, 0) is 6.42 Å². The van der Waals surface area contributed by atoms with E-state index in [2.05, 4.69) is 44.8 Å². The van der Waals surface area contributed by atoms with Crippen molar-refractivity contribution in [2.45, 2.75) is 106 Å². The molecule has 2 heterocycles. The Hall–Kier alpha value is -2.59. The van der Waals surface area contributed by atoms with Crippen molar-refractivity contribution in [1.29, 1.82) is 0 Å². The summed E-state index contributed by atoms with van der Waals surface area (Å²) in [5.74, 6) is 2.77. The molecule has 4 rings (SSSR count). The van der Waals surface area contributed by atoms with Gasteiger partial charge in [-0.1, -0.05) is 111 Å². The molecule has 1 aromatic heterocycles. The fourth-order valence-electron chi connectivity index (χ4n) is 4.25. The molecule has 0 amide bonds. The van der Waals surface area contributed by atoms with Crippen molar-refractivity contribution < 1.29 is 14.6 Å². The number of pyridine rings is 1. The van der Waals surface area contributed by atoms with Crippen molar-refractivity contribution >= 4 is 10.9 Å². The van der Waals surface area contributed by atoms with E-state index < -0.39 is 6.10 Å². The van der Waals surface area contributed by atoms with Gasteiger partial charge < -0.3 is 14.6 Å². The molecule has 0 saturated heterocycles. The molecule has 1 atom stereocenters. The summed E-state index contributed by atoms with van der Waals surface area (Å²) >= 11 is 0. The second kappa shape index (κ2) is 19.5. The van der Waals surface area contributed by atoms with Crippen LogP contribution in [0.2, 0.25) is 0 Å². The first-order chi connectivity index (χ1) is 18.5. The average molecular weight is 524 g/mol. The molecule has 2 aromatic carbocycles. The van der Waals surface area contributed by atoms with Crippen molar-refractivity contribution in [2.24, 2.45) is 5.92 Å². The molecule has 0 bridgehead atoms. The minimum absolute atomic E-state index is 0.414. The van der Waals surface area contributed by atoms with Crippen molar-refractivity contribution in [3.8, 4) is 11.5 Å². The van der Waals surface area contributed by atoms with Gasteiger partial charge >= 0.3 is 0 Å². The van der Waals surface area contributed by atoms with Crippen LogP contribution in [0, 0.1) is 12.8 Å². The predicted molar refractivity (Wildman–Crippen MR) is 163 cm³/mol. The number of aliphatic hydroxyl groups is 1. The number of hydrogen-bond acceptors (Lipinski definition) is 4. The van der Waals surface area contributed by atoms with Gasteiger partial charge in [0, 0.05) is 16.6 Å². The summed E-state index contributed by atoms with van der Waals surface area (Å²) in [4.78, 5) is 4.48.